The average molecular weight is 287 g/mol. The first-order chi connectivity index (χ1) is 9.06. The smallest absolute Gasteiger partial charge is 0.234 e. The maximum atomic E-state index is 12.5. The van der Waals surface area contributed by atoms with Gasteiger partial charge < -0.3 is 16.3 Å². The van der Waals surface area contributed by atoms with Gasteiger partial charge in [0.25, 0.3) is 0 Å². The number of nitrogens with one attached hydrogen (secondary N) is 1. The van der Waals surface area contributed by atoms with Gasteiger partial charge in [-0.3, -0.25) is 4.79 Å². The minimum atomic E-state index is -0.805. The summed E-state index contributed by atoms with van der Waals surface area (Å²) >= 11 is 1.76. The maximum Gasteiger partial charge on any atom is 0.234 e. The average Bonchev–Trinajstić information content (AvgIpc) is 2.44. The number of thioether (sulfide) groups is 1. The second-order valence-corrected chi connectivity index (χ2v) is 6.27. The first kappa shape index (κ1) is 16.1. The van der Waals surface area contributed by atoms with Crippen molar-refractivity contribution in [2.24, 2.45) is 16.3 Å². The van der Waals surface area contributed by atoms with Crippen molar-refractivity contribution in [1.82, 2.24) is 5.32 Å². The lowest BCUT2D eigenvalue weighted by molar-refractivity contribution is -0.129. The Balaban J connectivity index is 2.72. The molecule has 6 heteroatoms. The molecule has 0 bridgehead atoms. The van der Waals surface area contributed by atoms with Crippen LogP contribution in [0.2, 0.25) is 0 Å². The number of amides is 1. The van der Waals surface area contributed by atoms with Crippen molar-refractivity contribution in [2.45, 2.75) is 51.5 Å². The fourth-order valence-electron chi connectivity index (χ4n) is 2.58. The second kappa shape index (κ2) is 7.62. The monoisotopic (exact) mass is 287 g/mol. The molecule has 0 saturated heterocycles. The third kappa shape index (κ3) is 4.03. The van der Waals surface area contributed by atoms with Crippen LogP contribution in [0.15, 0.2) is 5.16 Å². The van der Waals surface area contributed by atoms with Gasteiger partial charge in [-0.1, -0.05) is 24.4 Å². The second-order valence-electron chi connectivity index (χ2n) is 5.28. The molecule has 1 unspecified atom stereocenters. The van der Waals surface area contributed by atoms with Crippen LogP contribution in [0.4, 0.5) is 0 Å². The largest absolute Gasteiger partial charge is 0.409 e. The van der Waals surface area contributed by atoms with E-state index in [2.05, 4.69) is 10.5 Å². The van der Waals surface area contributed by atoms with Crippen molar-refractivity contribution in [3.8, 4) is 0 Å². The molecule has 110 valence electrons. The van der Waals surface area contributed by atoms with Gasteiger partial charge >= 0.3 is 0 Å². The van der Waals surface area contributed by atoms with Crippen LogP contribution in [0.25, 0.3) is 0 Å². The van der Waals surface area contributed by atoms with E-state index in [1.165, 1.54) is 0 Å². The summed E-state index contributed by atoms with van der Waals surface area (Å²) in [4.78, 5) is 12.5. The summed E-state index contributed by atoms with van der Waals surface area (Å²) in [6, 6.07) is 0.116. The molecule has 1 fully saturated rings. The van der Waals surface area contributed by atoms with Crippen molar-refractivity contribution in [3.05, 3.63) is 0 Å². The van der Waals surface area contributed by atoms with Gasteiger partial charge in [-0.05, 0) is 38.2 Å². The summed E-state index contributed by atoms with van der Waals surface area (Å²) in [6.45, 7) is 2.00. The lowest BCUT2D eigenvalue weighted by Gasteiger charge is -2.35. The molecule has 5 nitrogen and oxygen atoms in total. The summed E-state index contributed by atoms with van der Waals surface area (Å²) in [6.07, 6.45) is 7.32. The van der Waals surface area contributed by atoms with Crippen molar-refractivity contribution < 1.29 is 10.0 Å². The normalized spacial score (nSPS) is 20.8. The van der Waals surface area contributed by atoms with E-state index in [-0.39, 0.29) is 17.8 Å². The number of carbonyl (C=O) groups excluding carboxylic acids is 1. The van der Waals surface area contributed by atoms with E-state index >= 15 is 0 Å². The van der Waals surface area contributed by atoms with Gasteiger partial charge in [0.15, 0.2) is 5.84 Å². The Morgan fingerprint density at radius 3 is 2.63 bits per heavy atom. The van der Waals surface area contributed by atoms with E-state index in [0.29, 0.717) is 12.8 Å². The zero-order valence-electron chi connectivity index (χ0n) is 11.8. The van der Waals surface area contributed by atoms with Crippen molar-refractivity contribution in [1.29, 1.82) is 0 Å². The van der Waals surface area contributed by atoms with Gasteiger partial charge in [0.1, 0.15) is 5.41 Å². The molecule has 1 amide bonds. The van der Waals surface area contributed by atoms with Crippen LogP contribution in [0.5, 0.6) is 0 Å². The highest BCUT2D eigenvalue weighted by Gasteiger charge is 2.44. The third-order valence-electron chi connectivity index (χ3n) is 3.87. The van der Waals surface area contributed by atoms with Gasteiger partial charge in [0, 0.05) is 6.04 Å². The molecule has 0 spiro atoms. The third-order valence-corrected chi connectivity index (χ3v) is 4.52. The zero-order chi connectivity index (χ0) is 14.3. The molecule has 0 aromatic rings. The summed E-state index contributed by atoms with van der Waals surface area (Å²) < 4.78 is 0. The highest BCUT2D eigenvalue weighted by molar-refractivity contribution is 7.98. The summed E-state index contributed by atoms with van der Waals surface area (Å²) in [5.74, 6) is 0.982. The van der Waals surface area contributed by atoms with Crippen LogP contribution in [0, 0.1) is 5.41 Å². The minimum absolute atomic E-state index is 0.0572. The number of nitrogens with zero attached hydrogens (tertiary/aromatic N) is 1. The number of rotatable bonds is 6. The van der Waals surface area contributed by atoms with E-state index in [4.69, 9.17) is 10.9 Å². The Morgan fingerprint density at radius 1 is 1.47 bits per heavy atom. The number of nitrogens with two attached hydrogens (primary N) is 1. The Bertz CT molecular complexity index is 328. The van der Waals surface area contributed by atoms with Gasteiger partial charge in [0.05, 0.1) is 0 Å². The lowest BCUT2D eigenvalue weighted by atomic mass is 9.72. The molecule has 1 aliphatic carbocycles. The maximum absolute atomic E-state index is 12.5. The SMILES string of the molecule is CSCCC(C)NC(=O)C1(C(N)=NO)CCCCC1. The zero-order valence-corrected chi connectivity index (χ0v) is 12.6. The Hall–Kier alpha value is -0.910. The van der Waals surface area contributed by atoms with E-state index in [0.717, 1.165) is 31.4 Å². The number of hydrogen-bond acceptors (Lipinski definition) is 4. The molecule has 4 N–H and O–H groups in total. The molecule has 0 aromatic carbocycles. The molecule has 19 heavy (non-hydrogen) atoms. The molecule has 1 aliphatic rings. The molecule has 0 aromatic heterocycles. The fourth-order valence-corrected chi connectivity index (χ4v) is 3.17. The van der Waals surface area contributed by atoms with Crippen molar-refractivity contribution in [2.75, 3.05) is 12.0 Å². The molecule has 1 saturated carbocycles. The van der Waals surface area contributed by atoms with E-state index in [9.17, 15) is 4.79 Å². The molecule has 0 radical (unpaired) electrons. The van der Waals surface area contributed by atoms with E-state index in [1.54, 1.807) is 11.8 Å². The summed E-state index contributed by atoms with van der Waals surface area (Å²) in [5.41, 5.74) is 4.99. The van der Waals surface area contributed by atoms with Gasteiger partial charge in [0.2, 0.25) is 5.91 Å². The predicted octanol–water partition coefficient (Wildman–Crippen LogP) is 1.94. The Morgan fingerprint density at radius 2 is 2.11 bits per heavy atom. The fraction of sp³-hybridized carbons (Fsp3) is 0.846. The quantitative estimate of drug-likeness (QED) is 0.301. The highest BCUT2D eigenvalue weighted by Crippen LogP contribution is 2.37. The van der Waals surface area contributed by atoms with Gasteiger partial charge in [-0.15, -0.1) is 0 Å². The molecular weight excluding hydrogens is 262 g/mol. The molecular formula is C13H25N3O2S. The number of carbonyl (C=O) groups is 1. The number of amidine groups is 1. The van der Waals surface area contributed by atoms with Crippen molar-refractivity contribution in [3.63, 3.8) is 0 Å². The standard InChI is InChI=1S/C13H25N3O2S/c1-10(6-9-19-2)15-12(17)13(11(14)16-18)7-4-3-5-8-13/h10,18H,3-9H2,1-2H3,(H2,14,16)(H,15,17). The predicted molar refractivity (Wildman–Crippen MR) is 79.5 cm³/mol. The highest BCUT2D eigenvalue weighted by atomic mass is 32.2. The van der Waals surface area contributed by atoms with Crippen LogP contribution < -0.4 is 11.1 Å². The molecule has 0 aliphatic heterocycles. The van der Waals surface area contributed by atoms with Crippen LogP contribution in [0.1, 0.15) is 45.4 Å². The Kier molecular flexibility index (Phi) is 6.48. The summed E-state index contributed by atoms with van der Waals surface area (Å²) in [7, 11) is 0. The van der Waals surface area contributed by atoms with Crippen LogP contribution in [0.3, 0.4) is 0 Å². The Labute approximate surface area is 119 Å². The first-order valence-electron chi connectivity index (χ1n) is 6.84. The van der Waals surface area contributed by atoms with Crippen LogP contribution in [-0.4, -0.2) is 35.0 Å². The molecule has 1 rings (SSSR count). The minimum Gasteiger partial charge on any atom is -0.409 e. The molecule has 0 heterocycles. The lowest BCUT2D eigenvalue weighted by Crippen LogP contribution is -2.52. The van der Waals surface area contributed by atoms with Gasteiger partial charge in [-0.25, -0.2) is 0 Å². The van der Waals surface area contributed by atoms with Crippen molar-refractivity contribution >= 4 is 23.5 Å². The van der Waals surface area contributed by atoms with Crippen LogP contribution >= 0.6 is 11.8 Å². The first-order valence-corrected chi connectivity index (χ1v) is 8.24. The molecule has 1 atom stereocenters. The van der Waals surface area contributed by atoms with Gasteiger partial charge in [-0.2, -0.15) is 11.8 Å². The van der Waals surface area contributed by atoms with E-state index < -0.39 is 5.41 Å². The number of oxime groups is 1. The summed E-state index contributed by atoms with van der Waals surface area (Å²) in [5, 5.41) is 15.1. The van der Waals surface area contributed by atoms with Crippen LogP contribution in [-0.2, 0) is 4.79 Å². The topological polar surface area (TPSA) is 87.7 Å². The van der Waals surface area contributed by atoms with E-state index in [1.807, 2.05) is 13.2 Å². The number of hydrogen-bond donors (Lipinski definition) is 3.